The fourth-order valence-electron chi connectivity index (χ4n) is 2.22. The summed E-state index contributed by atoms with van der Waals surface area (Å²) in [7, 11) is 1.63. The van der Waals surface area contributed by atoms with Gasteiger partial charge in [0.1, 0.15) is 5.75 Å². The number of aromatic nitrogens is 2. The van der Waals surface area contributed by atoms with E-state index in [4.69, 9.17) is 10.5 Å². The topological polar surface area (TPSA) is 70.1 Å². The predicted octanol–water partition coefficient (Wildman–Crippen LogP) is 2.17. The molecule has 1 aromatic carbocycles. The lowest BCUT2D eigenvalue weighted by molar-refractivity contribution is 0.271. The van der Waals surface area contributed by atoms with Gasteiger partial charge in [0, 0.05) is 12.6 Å². The Morgan fingerprint density at radius 3 is 2.50 bits per heavy atom. The van der Waals surface area contributed by atoms with Gasteiger partial charge in [-0.25, -0.2) is 4.68 Å². The van der Waals surface area contributed by atoms with E-state index in [2.05, 4.69) is 18.9 Å². The Kier molecular flexibility index (Phi) is 4.98. The van der Waals surface area contributed by atoms with E-state index in [1.165, 1.54) is 4.68 Å². The molecule has 2 N–H and O–H groups in total. The summed E-state index contributed by atoms with van der Waals surface area (Å²) in [6, 6.07) is 8.84. The standard InChI is InChI=1S/C17H23N3O2/c1-11(2)10-22-14-7-5-13(6-8-14)16(18)15-9-12(3)19-20(4)17(15)21/h5-9,11,16H,10,18H2,1-4H3. The van der Waals surface area contributed by atoms with Crippen molar-refractivity contribution in [2.45, 2.75) is 26.8 Å². The summed E-state index contributed by atoms with van der Waals surface area (Å²) in [6.07, 6.45) is 0. The number of aryl methyl sites for hydroxylation is 2. The van der Waals surface area contributed by atoms with Crippen LogP contribution in [0.1, 0.15) is 36.7 Å². The lowest BCUT2D eigenvalue weighted by Gasteiger charge is -2.14. The molecule has 0 aliphatic carbocycles. The average molecular weight is 301 g/mol. The number of nitrogens with zero attached hydrogens (tertiary/aromatic N) is 2. The number of hydrogen-bond donors (Lipinski definition) is 1. The molecule has 1 aromatic heterocycles. The van der Waals surface area contributed by atoms with E-state index in [1.54, 1.807) is 13.1 Å². The van der Waals surface area contributed by atoms with Crippen molar-refractivity contribution in [1.82, 2.24) is 9.78 Å². The lowest BCUT2D eigenvalue weighted by atomic mass is 10.0. The van der Waals surface area contributed by atoms with Crippen molar-refractivity contribution in [1.29, 1.82) is 0 Å². The molecule has 0 radical (unpaired) electrons. The molecule has 2 aromatic rings. The molecule has 5 nitrogen and oxygen atoms in total. The van der Waals surface area contributed by atoms with E-state index in [9.17, 15) is 4.79 Å². The zero-order chi connectivity index (χ0) is 16.3. The fourth-order valence-corrected chi connectivity index (χ4v) is 2.22. The van der Waals surface area contributed by atoms with Gasteiger partial charge < -0.3 is 10.5 Å². The summed E-state index contributed by atoms with van der Waals surface area (Å²) < 4.78 is 6.98. The Labute approximate surface area is 130 Å². The molecule has 0 aliphatic rings. The zero-order valence-corrected chi connectivity index (χ0v) is 13.5. The average Bonchev–Trinajstić information content (AvgIpc) is 2.48. The molecule has 1 unspecified atom stereocenters. The van der Waals surface area contributed by atoms with Crippen molar-refractivity contribution in [2.24, 2.45) is 18.7 Å². The van der Waals surface area contributed by atoms with Gasteiger partial charge >= 0.3 is 0 Å². The van der Waals surface area contributed by atoms with Crippen LogP contribution in [0.4, 0.5) is 0 Å². The molecule has 0 saturated carbocycles. The minimum Gasteiger partial charge on any atom is -0.493 e. The van der Waals surface area contributed by atoms with E-state index in [-0.39, 0.29) is 5.56 Å². The number of nitrogens with two attached hydrogens (primary N) is 1. The molecule has 2 rings (SSSR count). The number of ether oxygens (including phenoxy) is 1. The van der Waals surface area contributed by atoms with Gasteiger partial charge in [0.15, 0.2) is 0 Å². The largest absolute Gasteiger partial charge is 0.493 e. The molecular formula is C17H23N3O2. The molecule has 0 fully saturated rings. The molecule has 0 spiro atoms. The number of benzene rings is 1. The molecule has 1 atom stereocenters. The predicted molar refractivity (Wildman–Crippen MR) is 87.0 cm³/mol. The summed E-state index contributed by atoms with van der Waals surface area (Å²) in [5.74, 6) is 1.29. The van der Waals surface area contributed by atoms with E-state index in [1.807, 2.05) is 31.2 Å². The maximum absolute atomic E-state index is 12.2. The summed E-state index contributed by atoms with van der Waals surface area (Å²) in [5, 5.41) is 4.09. The van der Waals surface area contributed by atoms with Crippen LogP contribution in [-0.2, 0) is 7.05 Å². The van der Waals surface area contributed by atoms with Crippen molar-refractivity contribution in [3.05, 3.63) is 57.5 Å². The minimum atomic E-state index is -0.473. The van der Waals surface area contributed by atoms with Crippen LogP contribution in [0.2, 0.25) is 0 Å². The van der Waals surface area contributed by atoms with Gasteiger partial charge in [-0.15, -0.1) is 0 Å². The molecule has 118 valence electrons. The second kappa shape index (κ2) is 6.75. The summed E-state index contributed by atoms with van der Waals surface area (Å²) in [6.45, 7) is 6.73. The van der Waals surface area contributed by atoms with Gasteiger partial charge in [-0.1, -0.05) is 26.0 Å². The van der Waals surface area contributed by atoms with Crippen molar-refractivity contribution in [3.8, 4) is 5.75 Å². The molecule has 0 bridgehead atoms. The Bertz CT molecular complexity index is 690. The van der Waals surface area contributed by atoms with E-state index in [0.717, 1.165) is 17.0 Å². The van der Waals surface area contributed by atoms with Crippen LogP contribution in [0.5, 0.6) is 5.75 Å². The maximum atomic E-state index is 12.2. The third-order valence-electron chi connectivity index (χ3n) is 3.37. The highest BCUT2D eigenvalue weighted by atomic mass is 16.5. The minimum absolute atomic E-state index is 0.168. The first-order chi connectivity index (χ1) is 10.4. The molecule has 0 aliphatic heterocycles. The summed E-state index contributed by atoms with van der Waals surface area (Å²) in [5.41, 5.74) is 8.27. The van der Waals surface area contributed by atoms with Crippen molar-refractivity contribution < 1.29 is 4.74 Å². The van der Waals surface area contributed by atoms with Crippen molar-refractivity contribution >= 4 is 0 Å². The van der Waals surface area contributed by atoms with Crippen LogP contribution in [0.25, 0.3) is 0 Å². The van der Waals surface area contributed by atoms with Gasteiger partial charge in [-0.05, 0) is 36.6 Å². The number of hydrogen-bond acceptors (Lipinski definition) is 4. The van der Waals surface area contributed by atoms with Crippen molar-refractivity contribution in [2.75, 3.05) is 6.61 Å². The molecule has 5 heteroatoms. The summed E-state index contributed by atoms with van der Waals surface area (Å²) >= 11 is 0. The van der Waals surface area contributed by atoms with Gasteiger partial charge in [-0.3, -0.25) is 4.79 Å². The van der Waals surface area contributed by atoms with Crippen LogP contribution in [0.15, 0.2) is 35.1 Å². The highest BCUT2D eigenvalue weighted by Crippen LogP contribution is 2.20. The van der Waals surface area contributed by atoms with E-state index < -0.39 is 6.04 Å². The highest BCUT2D eigenvalue weighted by molar-refractivity contribution is 5.34. The Hall–Kier alpha value is -2.14. The highest BCUT2D eigenvalue weighted by Gasteiger charge is 2.15. The smallest absolute Gasteiger partial charge is 0.271 e. The Morgan fingerprint density at radius 1 is 1.27 bits per heavy atom. The first kappa shape index (κ1) is 16.2. The quantitative estimate of drug-likeness (QED) is 0.919. The lowest BCUT2D eigenvalue weighted by Crippen LogP contribution is -2.29. The second-order valence-electron chi connectivity index (χ2n) is 5.92. The third-order valence-corrected chi connectivity index (χ3v) is 3.37. The second-order valence-corrected chi connectivity index (χ2v) is 5.92. The van der Waals surface area contributed by atoms with Crippen LogP contribution in [0.3, 0.4) is 0 Å². The molecule has 0 amide bonds. The molecule has 22 heavy (non-hydrogen) atoms. The van der Waals surface area contributed by atoms with Gasteiger partial charge in [0.05, 0.1) is 18.3 Å². The monoisotopic (exact) mass is 301 g/mol. The van der Waals surface area contributed by atoms with E-state index in [0.29, 0.717) is 18.1 Å². The Balaban J connectivity index is 2.23. The first-order valence-corrected chi connectivity index (χ1v) is 7.41. The maximum Gasteiger partial charge on any atom is 0.271 e. The third kappa shape index (κ3) is 3.74. The Morgan fingerprint density at radius 2 is 1.91 bits per heavy atom. The van der Waals surface area contributed by atoms with Crippen LogP contribution in [0, 0.1) is 12.8 Å². The fraction of sp³-hybridized carbons (Fsp3) is 0.412. The van der Waals surface area contributed by atoms with Crippen LogP contribution < -0.4 is 16.0 Å². The molecule has 1 heterocycles. The molecular weight excluding hydrogens is 278 g/mol. The number of rotatable bonds is 5. The zero-order valence-electron chi connectivity index (χ0n) is 13.5. The van der Waals surface area contributed by atoms with Gasteiger partial charge in [0.2, 0.25) is 0 Å². The van der Waals surface area contributed by atoms with E-state index >= 15 is 0 Å². The van der Waals surface area contributed by atoms with Gasteiger partial charge in [-0.2, -0.15) is 5.10 Å². The van der Waals surface area contributed by atoms with Crippen molar-refractivity contribution in [3.63, 3.8) is 0 Å². The first-order valence-electron chi connectivity index (χ1n) is 7.41. The van der Waals surface area contributed by atoms with Crippen LogP contribution >= 0.6 is 0 Å². The molecule has 0 saturated heterocycles. The summed E-state index contributed by atoms with van der Waals surface area (Å²) in [4.78, 5) is 12.2. The SMILES string of the molecule is Cc1cc(C(N)c2ccc(OCC(C)C)cc2)c(=O)n(C)n1. The normalized spacial score (nSPS) is 12.5. The van der Waals surface area contributed by atoms with Crippen LogP contribution in [-0.4, -0.2) is 16.4 Å². The van der Waals surface area contributed by atoms with Gasteiger partial charge in [0.25, 0.3) is 5.56 Å².